The van der Waals surface area contributed by atoms with Crippen molar-refractivity contribution in [2.75, 3.05) is 19.8 Å². The summed E-state index contributed by atoms with van der Waals surface area (Å²) in [5.74, 6) is 1.43. The fraction of sp³-hybridized carbons (Fsp3) is 0.778. The molecule has 14 heavy (non-hydrogen) atoms. The van der Waals surface area contributed by atoms with Gasteiger partial charge in [0, 0.05) is 13.0 Å². The van der Waals surface area contributed by atoms with Crippen LogP contribution < -0.4 is 5.32 Å². The maximum absolute atomic E-state index is 5.32. The maximum atomic E-state index is 5.32. The Hall–Kier alpha value is -0.940. The maximum Gasteiger partial charge on any atom is 0.226 e. The van der Waals surface area contributed by atoms with E-state index in [4.69, 9.17) is 9.26 Å². The minimum atomic E-state index is 0.0955. The van der Waals surface area contributed by atoms with Gasteiger partial charge in [0.15, 0.2) is 5.82 Å². The molecule has 0 bridgehead atoms. The van der Waals surface area contributed by atoms with Crippen LogP contribution in [0.25, 0.3) is 0 Å². The van der Waals surface area contributed by atoms with E-state index in [1.807, 2.05) is 0 Å². The van der Waals surface area contributed by atoms with Crippen LogP contribution in [-0.2, 0) is 11.2 Å². The first kappa shape index (κ1) is 9.61. The van der Waals surface area contributed by atoms with Crippen molar-refractivity contribution in [3.05, 3.63) is 11.7 Å². The molecule has 1 aromatic heterocycles. The first-order chi connectivity index (χ1) is 6.90. The Morgan fingerprint density at radius 2 is 2.50 bits per heavy atom. The molecule has 0 aromatic carbocycles. The first-order valence-electron chi connectivity index (χ1n) is 5.03. The van der Waals surface area contributed by atoms with Crippen LogP contribution in [0.1, 0.15) is 31.1 Å². The molecular weight excluding hydrogens is 182 g/mol. The summed E-state index contributed by atoms with van der Waals surface area (Å²) in [6.45, 7) is 4.33. The van der Waals surface area contributed by atoms with Gasteiger partial charge in [-0.15, -0.1) is 0 Å². The Morgan fingerprint density at radius 1 is 1.57 bits per heavy atom. The number of nitrogens with zero attached hydrogens (tertiary/aromatic N) is 2. The van der Waals surface area contributed by atoms with Gasteiger partial charge in [0.05, 0.1) is 19.3 Å². The first-order valence-corrected chi connectivity index (χ1v) is 5.03. The van der Waals surface area contributed by atoms with Gasteiger partial charge < -0.3 is 14.6 Å². The Labute approximate surface area is 82.8 Å². The number of morpholine rings is 1. The number of nitrogens with one attached hydrogen (secondary N) is 1. The van der Waals surface area contributed by atoms with Crippen LogP contribution in [0, 0.1) is 0 Å². The summed E-state index contributed by atoms with van der Waals surface area (Å²) in [5, 5.41) is 7.21. The number of aromatic nitrogens is 2. The largest absolute Gasteiger partial charge is 0.378 e. The Bertz CT molecular complexity index is 281. The molecule has 5 nitrogen and oxygen atoms in total. The predicted molar refractivity (Wildman–Crippen MR) is 49.9 cm³/mol. The Kier molecular flexibility index (Phi) is 3.10. The van der Waals surface area contributed by atoms with Crippen LogP contribution in [0.5, 0.6) is 0 Å². The molecule has 2 rings (SSSR count). The summed E-state index contributed by atoms with van der Waals surface area (Å²) >= 11 is 0. The third-order valence-corrected chi connectivity index (χ3v) is 2.18. The molecule has 1 saturated heterocycles. The van der Waals surface area contributed by atoms with Gasteiger partial charge in [-0.25, -0.2) is 0 Å². The van der Waals surface area contributed by atoms with Crippen LogP contribution in [0.3, 0.4) is 0 Å². The molecule has 1 N–H and O–H groups in total. The molecule has 1 aliphatic rings. The van der Waals surface area contributed by atoms with E-state index in [2.05, 4.69) is 22.4 Å². The highest BCUT2D eigenvalue weighted by atomic mass is 16.5. The molecule has 0 saturated carbocycles. The second-order valence-electron chi connectivity index (χ2n) is 3.38. The average molecular weight is 197 g/mol. The van der Waals surface area contributed by atoms with Crippen molar-refractivity contribution in [3.8, 4) is 0 Å². The van der Waals surface area contributed by atoms with Gasteiger partial charge in [-0.05, 0) is 6.42 Å². The predicted octanol–water partition coefficient (Wildman–Crippen LogP) is 0.683. The van der Waals surface area contributed by atoms with Crippen LogP contribution in [-0.4, -0.2) is 29.9 Å². The minimum absolute atomic E-state index is 0.0955. The van der Waals surface area contributed by atoms with Crippen molar-refractivity contribution in [2.24, 2.45) is 0 Å². The summed E-state index contributed by atoms with van der Waals surface area (Å²) < 4.78 is 10.4. The zero-order valence-corrected chi connectivity index (χ0v) is 8.32. The lowest BCUT2D eigenvalue weighted by Gasteiger charge is -2.20. The molecule has 0 amide bonds. The van der Waals surface area contributed by atoms with Gasteiger partial charge in [-0.3, -0.25) is 0 Å². The fourth-order valence-corrected chi connectivity index (χ4v) is 1.46. The van der Waals surface area contributed by atoms with E-state index in [0.29, 0.717) is 12.4 Å². The highest BCUT2D eigenvalue weighted by molar-refractivity contribution is 4.95. The van der Waals surface area contributed by atoms with E-state index >= 15 is 0 Å². The van der Waals surface area contributed by atoms with Gasteiger partial charge >= 0.3 is 0 Å². The third kappa shape index (κ3) is 2.10. The van der Waals surface area contributed by atoms with Crippen LogP contribution in [0.15, 0.2) is 4.52 Å². The monoisotopic (exact) mass is 197 g/mol. The van der Waals surface area contributed by atoms with Gasteiger partial charge in [-0.1, -0.05) is 12.1 Å². The SMILES string of the molecule is CCCc1nc([C@H]2COCCN2)no1. The van der Waals surface area contributed by atoms with Crippen LogP contribution >= 0.6 is 0 Å². The second-order valence-corrected chi connectivity index (χ2v) is 3.38. The molecule has 78 valence electrons. The Morgan fingerprint density at radius 3 is 3.21 bits per heavy atom. The topological polar surface area (TPSA) is 60.2 Å². The van der Waals surface area contributed by atoms with E-state index in [9.17, 15) is 0 Å². The molecular formula is C9H15N3O2. The quantitative estimate of drug-likeness (QED) is 0.772. The van der Waals surface area contributed by atoms with Gasteiger partial charge in [0.1, 0.15) is 0 Å². The lowest BCUT2D eigenvalue weighted by atomic mass is 10.2. The third-order valence-electron chi connectivity index (χ3n) is 2.18. The van der Waals surface area contributed by atoms with Crippen molar-refractivity contribution < 1.29 is 9.26 Å². The molecule has 5 heteroatoms. The van der Waals surface area contributed by atoms with E-state index in [1.54, 1.807) is 0 Å². The van der Waals surface area contributed by atoms with E-state index < -0.39 is 0 Å². The fourth-order valence-electron chi connectivity index (χ4n) is 1.46. The summed E-state index contributed by atoms with van der Waals surface area (Å²) in [6, 6.07) is 0.0955. The molecule has 1 aromatic rings. The zero-order chi connectivity index (χ0) is 9.80. The molecule has 1 aliphatic heterocycles. The normalized spacial score (nSPS) is 22.5. The van der Waals surface area contributed by atoms with Gasteiger partial charge in [0.25, 0.3) is 0 Å². The molecule has 0 unspecified atom stereocenters. The van der Waals surface area contributed by atoms with Crippen molar-refractivity contribution >= 4 is 0 Å². The molecule has 1 atom stereocenters. The lowest BCUT2D eigenvalue weighted by Crippen LogP contribution is -2.35. The van der Waals surface area contributed by atoms with E-state index in [-0.39, 0.29) is 6.04 Å². The second kappa shape index (κ2) is 4.52. The number of rotatable bonds is 3. The van der Waals surface area contributed by atoms with E-state index in [0.717, 1.165) is 31.9 Å². The number of hydrogen-bond acceptors (Lipinski definition) is 5. The lowest BCUT2D eigenvalue weighted by molar-refractivity contribution is 0.0734. The highest BCUT2D eigenvalue weighted by Crippen LogP contribution is 2.12. The number of aryl methyl sites for hydroxylation is 1. The molecule has 0 spiro atoms. The standard InChI is InChI=1S/C9H15N3O2/c1-2-3-8-11-9(12-14-8)7-6-13-5-4-10-7/h7,10H,2-6H2,1H3/t7-/m1/s1. The van der Waals surface area contributed by atoms with Crippen molar-refractivity contribution in [1.82, 2.24) is 15.5 Å². The van der Waals surface area contributed by atoms with Crippen LogP contribution in [0.2, 0.25) is 0 Å². The summed E-state index contributed by atoms with van der Waals surface area (Å²) in [7, 11) is 0. The van der Waals surface area contributed by atoms with Crippen LogP contribution in [0.4, 0.5) is 0 Å². The Balaban J connectivity index is 2.00. The molecule has 0 radical (unpaired) electrons. The highest BCUT2D eigenvalue weighted by Gasteiger charge is 2.20. The minimum Gasteiger partial charge on any atom is -0.378 e. The summed E-state index contributed by atoms with van der Waals surface area (Å²) in [4.78, 5) is 4.30. The molecule has 2 heterocycles. The van der Waals surface area contributed by atoms with Crippen molar-refractivity contribution in [3.63, 3.8) is 0 Å². The zero-order valence-electron chi connectivity index (χ0n) is 8.32. The number of ether oxygens (including phenoxy) is 1. The van der Waals surface area contributed by atoms with Crippen molar-refractivity contribution in [1.29, 1.82) is 0 Å². The molecule has 0 aliphatic carbocycles. The smallest absolute Gasteiger partial charge is 0.226 e. The van der Waals surface area contributed by atoms with Gasteiger partial charge in [-0.2, -0.15) is 4.98 Å². The summed E-state index contributed by atoms with van der Waals surface area (Å²) in [5.41, 5.74) is 0. The molecule has 1 fully saturated rings. The van der Waals surface area contributed by atoms with Gasteiger partial charge in [0.2, 0.25) is 5.89 Å². The average Bonchev–Trinajstić information content (AvgIpc) is 2.68. The summed E-state index contributed by atoms with van der Waals surface area (Å²) in [6.07, 6.45) is 1.87. The van der Waals surface area contributed by atoms with Crippen molar-refractivity contribution in [2.45, 2.75) is 25.8 Å². The van der Waals surface area contributed by atoms with E-state index in [1.165, 1.54) is 0 Å². The number of hydrogen-bond donors (Lipinski definition) is 1.